The minimum absolute atomic E-state index is 0.0207. The fourth-order valence-corrected chi connectivity index (χ4v) is 2.30. The summed E-state index contributed by atoms with van der Waals surface area (Å²) in [6, 6.07) is 3.80. The van der Waals surface area contributed by atoms with Gasteiger partial charge in [0.25, 0.3) is 0 Å². The first kappa shape index (κ1) is 10.6. The van der Waals surface area contributed by atoms with Crippen LogP contribution in [0, 0.1) is 5.82 Å². The van der Waals surface area contributed by atoms with E-state index in [-0.39, 0.29) is 5.82 Å². The van der Waals surface area contributed by atoms with Gasteiger partial charge in [0, 0.05) is 0 Å². The molecule has 0 saturated carbocycles. The van der Waals surface area contributed by atoms with Gasteiger partial charge in [0.2, 0.25) is 0 Å². The largest absolute Gasteiger partial charge is 0.330 e. The van der Waals surface area contributed by atoms with E-state index in [1.54, 1.807) is 6.07 Å². The van der Waals surface area contributed by atoms with Crippen LogP contribution in [0.15, 0.2) is 12.1 Å². The molecule has 0 aromatic heterocycles. The predicted molar refractivity (Wildman–Crippen MR) is 60.4 cm³/mol. The van der Waals surface area contributed by atoms with Gasteiger partial charge >= 0.3 is 0 Å². The van der Waals surface area contributed by atoms with Crippen molar-refractivity contribution >= 4 is 0 Å². The van der Waals surface area contributed by atoms with Gasteiger partial charge in [-0.05, 0) is 67.8 Å². The summed E-state index contributed by atoms with van der Waals surface area (Å²) in [4.78, 5) is 0. The molecule has 0 aliphatic heterocycles. The summed E-state index contributed by atoms with van der Waals surface area (Å²) in [5.74, 6) is -0.0207. The summed E-state index contributed by atoms with van der Waals surface area (Å²) in [7, 11) is 0. The van der Waals surface area contributed by atoms with Gasteiger partial charge in [0.15, 0.2) is 0 Å². The van der Waals surface area contributed by atoms with Crippen molar-refractivity contribution < 1.29 is 4.39 Å². The molecule has 0 unspecified atom stereocenters. The molecular formula is C13H18FN. The zero-order chi connectivity index (χ0) is 10.7. The molecule has 0 saturated heterocycles. The lowest BCUT2D eigenvalue weighted by atomic mass is 10.0. The van der Waals surface area contributed by atoms with E-state index >= 15 is 0 Å². The standard InChI is InChI=1S/C13H18FN/c14-13-9-11-6-3-5-10(11)8-12(13)4-1-2-7-15/h8-9H,1-7,15H2. The molecule has 15 heavy (non-hydrogen) atoms. The van der Waals surface area contributed by atoms with Gasteiger partial charge in [0.05, 0.1) is 0 Å². The number of benzene rings is 1. The van der Waals surface area contributed by atoms with Crippen molar-refractivity contribution in [1.82, 2.24) is 0 Å². The average molecular weight is 207 g/mol. The number of rotatable bonds is 4. The van der Waals surface area contributed by atoms with E-state index in [0.29, 0.717) is 6.54 Å². The molecule has 1 aliphatic carbocycles. The lowest BCUT2D eigenvalue weighted by Gasteiger charge is -2.06. The Morgan fingerprint density at radius 1 is 1.13 bits per heavy atom. The molecule has 2 rings (SSSR count). The topological polar surface area (TPSA) is 26.0 Å². The summed E-state index contributed by atoms with van der Waals surface area (Å²) in [6.45, 7) is 0.701. The van der Waals surface area contributed by atoms with Gasteiger partial charge in [-0.2, -0.15) is 0 Å². The van der Waals surface area contributed by atoms with Crippen molar-refractivity contribution in [2.24, 2.45) is 5.73 Å². The summed E-state index contributed by atoms with van der Waals surface area (Å²) in [6.07, 6.45) is 6.16. The van der Waals surface area contributed by atoms with Gasteiger partial charge < -0.3 is 5.73 Å². The highest BCUT2D eigenvalue weighted by Gasteiger charge is 2.14. The van der Waals surface area contributed by atoms with Crippen molar-refractivity contribution in [3.8, 4) is 0 Å². The lowest BCUT2D eigenvalue weighted by Crippen LogP contribution is -2.00. The Morgan fingerprint density at radius 2 is 1.87 bits per heavy atom. The Balaban J connectivity index is 2.10. The van der Waals surface area contributed by atoms with Crippen LogP contribution in [0.3, 0.4) is 0 Å². The van der Waals surface area contributed by atoms with Crippen LogP contribution in [0.1, 0.15) is 36.0 Å². The second-order valence-corrected chi connectivity index (χ2v) is 4.31. The summed E-state index contributed by atoms with van der Waals surface area (Å²) < 4.78 is 13.6. The molecule has 82 valence electrons. The summed E-state index contributed by atoms with van der Waals surface area (Å²) in [5, 5.41) is 0. The van der Waals surface area contributed by atoms with Crippen LogP contribution >= 0.6 is 0 Å². The highest BCUT2D eigenvalue weighted by molar-refractivity contribution is 5.36. The zero-order valence-electron chi connectivity index (χ0n) is 9.06. The molecule has 0 bridgehead atoms. The number of aryl methyl sites for hydroxylation is 3. The second-order valence-electron chi connectivity index (χ2n) is 4.31. The first-order valence-electron chi connectivity index (χ1n) is 5.81. The molecule has 0 atom stereocenters. The second kappa shape index (κ2) is 4.75. The number of hydrogen-bond donors (Lipinski definition) is 1. The number of unbranched alkanes of at least 4 members (excludes halogenated alkanes) is 1. The minimum atomic E-state index is -0.0207. The van der Waals surface area contributed by atoms with Crippen LogP contribution in [0.5, 0.6) is 0 Å². The van der Waals surface area contributed by atoms with E-state index < -0.39 is 0 Å². The van der Waals surface area contributed by atoms with E-state index in [1.807, 2.05) is 0 Å². The minimum Gasteiger partial charge on any atom is -0.330 e. The maximum atomic E-state index is 13.6. The third kappa shape index (κ3) is 2.37. The van der Waals surface area contributed by atoms with E-state index in [9.17, 15) is 4.39 Å². The van der Waals surface area contributed by atoms with Crippen LogP contribution in [0.2, 0.25) is 0 Å². The first-order valence-corrected chi connectivity index (χ1v) is 5.81. The maximum Gasteiger partial charge on any atom is 0.126 e. The van der Waals surface area contributed by atoms with E-state index in [0.717, 1.165) is 37.7 Å². The lowest BCUT2D eigenvalue weighted by molar-refractivity contribution is 0.599. The van der Waals surface area contributed by atoms with Gasteiger partial charge in [-0.15, -0.1) is 0 Å². The highest BCUT2D eigenvalue weighted by Crippen LogP contribution is 2.25. The Bertz CT molecular complexity index is 347. The quantitative estimate of drug-likeness (QED) is 0.754. The van der Waals surface area contributed by atoms with Gasteiger partial charge in [-0.25, -0.2) is 4.39 Å². The fourth-order valence-electron chi connectivity index (χ4n) is 2.30. The third-order valence-electron chi connectivity index (χ3n) is 3.16. The highest BCUT2D eigenvalue weighted by atomic mass is 19.1. The summed E-state index contributed by atoms with van der Waals surface area (Å²) in [5.41, 5.74) is 8.88. The number of nitrogens with two attached hydrogens (primary N) is 1. The van der Waals surface area contributed by atoms with Crippen molar-refractivity contribution in [3.05, 3.63) is 34.6 Å². The molecule has 0 radical (unpaired) electrons. The predicted octanol–water partition coefficient (Wildman–Crippen LogP) is 2.60. The molecule has 0 heterocycles. The molecule has 0 fully saturated rings. The fraction of sp³-hybridized carbons (Fsp3) is 0.538. The summed E-state index contributed by atoms with van der Waals surface area (Å²) >= 11 is 0. The molecule has 0 spiro atoms. The van der Waals surface area contributed by atoms with Gasteiger partial charge in [0.1, 0.15) is 5.82 Å². The molecule has 1 aromatic rings. The van der Waals surface area contributed by atoms with Gasteiger partial charge in [-0.3, -0.25) is 0 Å². The van der Waals surface area contributed by atoms with Crippen LogP contribution in [0.25, 0.3) is 0 Å². The van der Waals surface area contributed by atoms with Crippen molar-refractivity contribution in [2.75, 3.05) is 6.54 Å². The monoisotopic (exact) mass is 207 g/mol. The third-order valence-corrected chi connectivity index (χ3v) is 3.16. The van der Waals surface area contributed by atoms with Crippen molar-refractivity contribution in [3.63, 3.8) is 0 Å². The molecule has 2 heteroatoms. The first-order chi connectivity index (χ1) is 7.31. The molecule has 1 aromatic carbocycles. The smallest absolute Gasteiger partial charge is 0.126 e. The van der Waals surface area contributed by atoms with E-state index in [2.05, 4.69) is 6.07 Å². The molecular weight excluding hydrogens is 189 g/mol. The van der Waals surface area contributed by atoms with Crippen molar-refractivity contribution in [1.29, 1.82) is 0 Å². The van der Waals surface area contributed by atoms with Crippen molar-refractivity contribution in [2.45, 2.75) is 38.5 Å². The Hall–Kier alpha value is -0.890. The van der Waals surface area contributed by atoms with Crippen LogP contribution in [0.4, 0.5) is 4.39 Å². The normalized spacial score (nSPS) is 14.3. The van der Waals surface area contributed by atoms with Crippen LogP contribution in [-0.2, 0) is 19.3 Å². The maximum absolute atomic E-state index is 13.6. The Morgan fingerprint density at radius 3 is 2.60 bits per heavy atom. The van der Waals surface area contributed by atoms with E-state index in [1.165, 1.54) is 17.5 Å². The zero-order valence-corrected chi connectivity index (χ0v) is 9.06. The molecule has 1 nitrogen and oxygen atoms in total. The Labute approximate surface area is 90.5 Å². The average Bonchev–Trinajstić information content (AvgIpc) is 2.65. The number of hydrogen-bond acceptors (Lipinski definition) is 1. The van der Waals surface area contributed by atoms with Crippen LogP contribution < -0.4 is 5.73 Å². The Kier molecular flexibility index (Phi) is 3.37. The van der Waals surface area contributed by atoms with E-state index in [4.69, 9.17) is 5.73 Å². The number of halogens is 1. The SMILES string of the molecule is NCCCCc1cc2c(cc1F)CCC2. The molecule has 1 aliphatic rings. The molecule has 0 amide bonds. The van der Waals surface area contributed by atoms with Gasteiger partial charge in [-0.1, -0.05) is 6.07 Å². The van der Waals surface area contributed by atoms with Crippen LogP contribution in [-0.4, -0.2) is 6.54 Å². The molecule has 2 N–H and O–H groups in total. The number of fused-ring (bicyclic) bond motifs is 1.